The van der Waals surface area contributed by atoms with Crippen LogP contribution in [0.5, 0.6) is 11.5 Å². The number of carbonyl (C=O) groups excluding carboxylic acids is 1. The van der Waals surface area contributed by atoms with Crippen molar-refractivity contribution in [3.8, 4) is 11.5 Å². The van der Waals surface area contributed by atoms with Gasteiger partial charge in [0, 0.05) is 37.0 Å². The van der Waals surface area contributed by atoms with Crippen molar-refractivity contribution in [1.82, 2.24) is 10.3 Å². The number of pyridine rings is 1. The van der Waals surface area contributed by atoms with E-state index in [0.717, 1.165) is 48.6 Å². The van der Waals surface area contributed by atoms with Crippen molar-refractivity contribution < 1.29 is 9.53 Å². The van der Waals surface area contributed by atoms with E-state index in [1.807, 2.05) is 60.8 Å². The Bertz CT molecular complexity index is 984. The molecule has 0 saturated carbocycles. The van der Waals surface area contributed by atoms with Gasteiger partial charge in [-0.15, -0.1) is 0 Å². The van der Waals surface area contributed by atoms with Crippen LogP contribution in [0.15, 0.2) is 73.1 Å². The van der Waals surface area contributed by atoms with Crippen LogP contribution in [0.3, 0.4) is 0 Å². The lowest BCUT2D eigenvalue weighted by molar-refractivity contribution is -0.122. The van der Waals surface area contributed by atoms with Crippen LogP contribution in [-0.2, 0) is 4.79 Å². The first-order valence-corrected chi connectivity index (χ1v) is 10.6. The molecule has 5 rings (SSSR count). The number of para-hydroxylation sites is 2. The minimum atomic E-state index is -0.332. The number of piperidine rings is 1. The van der Waals surface area contributed by atoms with Gasteiger partial charge in [0.1, 0.15) is 11.5 Å². The second kappa shape index (κ2) is 8.19. The Morgan fingerprint density at radius 1 is 0.967 bits per heavy atom. The maximum atomic E-state index is 13.3. The lowest BCUT2D eigenvalue weighted by Crippen LogP contribution is -2.40. The lowest BCUT2D eigenvalue weighted by atomic mass is 9.87. The monoisotopic (exact) mass is 399 g/mol. The molecule has 3 aromatic rings. The van der Waals surface area contributed by atoms with E-state index >= 15 is 0 Å². The van der Waals surface area contributed by atoms with Gasteiger partial charge >= 0.3 is 0 Å². The quantitative estimate of drug-likeness (QED) is 0.709. The zero-order chi connectivity index (χ0) is 20.3. The van der Waals surface area contributed by atoms with E-state index < -0.39 is 0 Å². The molecule has 1 aromatic heterocycles. The van der Waals surface area contributed by atoms with Crippen molar-refractivity contribution in [3.63, 3.8) is 0 Å². The third-order valence-electron chi connectivity index (χ3n) is 6.13. The van der Waals surface area contributed by atoms with Crippen molar-refractivity contribution in [2.24, 2.45) is 5.92 Å². The maximum absolute atomic E-state index is 13.3. The summed E-state index contributed by atoms with van der Waals surface area (Å²) >= 11 is 0. The lowest BCUT2D eigenvalue weighted by Gasteiger charge is -2.34. The maximum Gasteiger partial charge on any atom is 0.232 e. The van der Waals surface area contributed by atoms with Gasteiger partial charge < -0.3 is 15.0 Å². The Hall–Kier alpha value is -3.34. The number of hydrogen-bond acceptors (Lipinski definition) is 4. The van der Waals surface area contributed by atoms with Crippen LogP contribution in [-0.4, -0.2) is 30.5 Å². The van der Waals surface area contributed by atoms with Gasteiger partial charge in [-0.05, 0) is 43.0 Å². The molecule has 1 amide bonds. The Morgan fingerprint density at radius 3 is 2.27 bits per heavy atom. The van der Waals surface area contributed by atoms with E-state index in [4.69, 9.17) is 4.74 Å². The van der Waals surface area contributed by atoms with Gasteiger partial charge in [0.25, 0.3) is 0 Å². The average Bonchev–Trinajstić information content (AvgIpc) is 2.82. The van der Waals surface area contributed by atoms with E-state index in [9.17, 15) is 4.79 Å². The van der Waals surface area contributed by atoms with Gasteiger partial charge in [-0.25, -0.2) is 0 Å². The van der Waals surface area contributed by atoms with Crippen molar-refractivity contribution in [1.29, 1.82) is 0 Å². The molecule has 0 unspecified atom stereocenters. The van der Waals surface area contributed by atoms with E-state index in [1.54, 1.807) is 6.20 Å². The number of rotatable bonds is 4. The summed E-state index contributed by atoms with van der Waals surface area (Å²) in [5, 5.41) is 3.23. The van der Waals surface area contributed by atoms with Crippen LogP contribution in [0, 0.1) is 5.92 Å². The molecule has 0 bridgehead atoms. The van der Waals surface area contributed by atoms with Crippen LogP contribution >= 0.6 is 0 Å². The van der Waals surface area contributed by atoms with Gasteiger partial charge in [0.2, 0.25) is 5.91 Å². The number of hydrogen-bond donors (Lipinski definition) is 1. The minimum absolute atomic E-state index is 0.0490. The Labute approximate surface area is 176 Å². The minimum Gasteiger partial charge on any atom is -0.457 e. The van der Waals surface area contributed by atoms with Crippen LogP contribution in [0.4, 0.5) is 5.69 Å². The molecule has 1 fully saturated rings. The number of nitrogens with one attached hydrogen (secondary N) is 1. The van der Waals surface area contributed by atoms with Crippen molar-refractivity contribution in [2.45, 2.75) is 18.8 Å². The third kappa shape index (κ3) is 3.63. The molecule has 1 saturated heterocycles. The predicted molar refractivity (Wildman–Crippen MR) is 117 cm³/mol. The topological polar surface area (TPSA) is 54.5 Å². The van der Waals surface area contributed by atoms with E-state index in [1.165, 1.54) is 5.69 Å². The molecule has 0 spiro atoms. The Balaban J connectivity index is 1.25. The van der Waals surface area contributed by atoms with Crippen LogP contribution in [0.2, 0.25) is 0 Å². The van der Waals surface area contributed by atoms with Crippen molar-refractivity contribution in [2.75, 3.05) is 24.5 Å². The molecule has 5 heteroatoms. The molecular formula is C25H25N3O2. The number of anilines is 1. The number of ether oxygens (including phenoxy) is 1. The first-order valence-electron chi connectivity index (χ1n) is 10.6. The number of amides is 1. The molecule has 2 aliphatic rings. The summed E-state index contributed by atoms with van der Waals surface area (Å²) in [4.78, 5) is 19.9. The molecule has 3 heterocycles. The van der Waals surface area contributed by atoms with Gasteiger partial charge in [0.05, 0.1) is 17.8 Å². The standard InChI is InChI=1S/C25H25N3O2/c29-25(27-16-18-11-14-28(15-12-18)19-6-5-13-26-17-19)24-20-7-1-3-9-22(20)30-23-10-4-2-8-21(23)24/h1-10,13,17-18,24H,11-12,14-16H2,(H,27,29). The van der Waals surface area contributed by atoms with E-state index in [-0.39, 0.29) is 11.8 Å². The Kier molecular flexibility index (Phi) is 5.10. The fourth-order valence-electron chi connectivity index (χ4n) is 4.48. The second-order valence-corrected chi connectivity index (χ2v) is 8.00. The molecule has 0 aliphatic carbocycles. The van der Waals surface area contributed by atoms with Crippen molar-refractivity contribution in [3.05, 3.63) is 84.2 Å². The highest BCUT2D eigenvalue weighted by Gasteiger charge is 2.32. The van der Waals surface area contributed by atoms with E-state index in [0.29, 0.717) is 12.5 Å². The largest absolute Gasteiger partial charge is 0.457 e. The Morgan fingerprint density at radius 2 is 1.63 bits per heavy atom. The molecule has 5 nitrogen and oxygen atoms in total. The van der Waals surface area contributed by atoms with Crippen LogP contribution in [0.25, 0.3) is 0 Å². The SMILES string of the molecule is O=C(NCC1CCN(c2cccnc2)CC1)C1c2ccccc2Oc2ccccc21. The highest BCUT2D eigenvalue weighted by Crippen LogP contribution is 2.43. The molecule has 1 N–H and O–H groups in total. The van der Waals surface area contributed by atoms with Crippen molar-refractivity contribution >= 4 is 11.6 Å². The third-order valence-corrected chi connectivity index (χ3v) is 6.13. The molecule has 30 heavy (non-hydrogen) atoms. The highest BCUT2D eigenvalue weighted by atomic mass is 16.5. The predicted octanol–water partition coefficient (Wildman–Crippen LogP) is 4.35. The van der Waals surface area contributed by atoms with E-state index in [2.05, 4.69) is 21.3 Å². The summed E-state index contributed by atoms with van der Waals surface area (Å²) in [7, 11) is 0. The summed E-state index contributed by atoms with van der Waals surface area (Å²) in [6, 6.07) is 19.7. The molecule has 0 radical (unpaired) electrons. The van der Waals surface area contributed by atoms with Crippen LogP contribution < -0.4 is 15.0 Å². The number of carbonyl (C=O) groups is 1. The van der Waals surface area contributed by atoms with Crippen LogP contribution in [0.1, 0.15) is 29.9 Å². The first kappa shape index (κ1) is 18.7. The molecule has 2 aliphatic heterocycles. The average molecular weight is 399 g/mol. The van der Waals surface area contributed by atoms with Gasteiger partial charge in [-0.1, -0.05) is 36.4 Å². The number of aromatic nitrogens is 1. The molecular weight excluding hydrogens is 374 g/mol. The molecule has 0 atom stereocenters. The smallest absolute Gasteiger partial charge is 0.232 e. The summed E-state index contributed by atoms with van der Waals surface area (Å²) in [6.45, 7) is 2.70. The van der Waals surface area contributed by atoms with Gasteiger partial charge in [0.15, 0.2) is 0 Å². The highest BCUT2D eigenvalue weighted by molar-refractivity contribution is 5.89. The molecule has 152 valence electrons. The fraction of sp³-hybridized carbons (Fsp3) is 0.280. The zero-order valence-electron chi connectivity index (χ0n) is 16.8. The summed E-state index contributed by atoms with van der Waals surface area (Å²) in [5.41, 5.74) is 3.04. The summed E-state index contributed by atoms with van der Waals surface area (Å²) in [5.74, 6) is 1.74. The van der Waals surface area contributed by atoms with Gasteiger partial charge in [-0.3, -0.25) is 9.78 Å². The normalized spacial score (nSPS) is 16.3. The summed E-state index contributed by atoms with van der Waals surface area (Å²) < 4.78 is 6.02. The number of nitrogens with zero attached hydrogens (tertiary/aromatic N) is 2. The number of fused-ring (bicyclic) bond motifs is 2. The fourth-order valence-corrected chi connectivity index (χ4v) is 4.48. The zero-order valence-corrected chi connectivity index (χ0v) is 16.8. The number of benzene rings is 2. The second-order valence-electron chi connectivity index (χ2n) is 8.00. The molecule has 2 aromatic carbocycles. The summed E-state index contributed by atoms with van der Waals surface area (Å²) in [6.07, 6.45) is 5.85. The first-order chi connectivity index (χ1) is 14.8. The van der Waals surface area contributed by atoms with Gasteiger partial charge in [-0.2, -0.15) is 0 Å².